The average Bonchev–Trinajstić information content (AvgIpc) is 2.68. The molecule has 0 spiro atoms. The average molecular weight is 399 g/mol. The van der Waals surface area contributed by atoms with Crippen molar-refractivity contribution in [3.63, 3.8) is 0 Å². The predicted octanol–water partition coefficient (Wildman–Crippen LogP) is 2.49. The van der Waals surface area contributed by atoms with Crippen molar-refractivity contribution in [2.75, 3.05) is 29.5 Å². The molecular weight excluding hydrogens is 372 g/mol. The van der Waals surface area contributed by atoms with Gasteiger partial charge in [0, 0.05) is 42.4 Å². The molecule has 1 aromatic carbocycles. The normalized spacial score (nSPS) is 25.5. The van der Waals surface area contributed by atoms with Gasteiger partial charge in [-0.15, -0.1) is 0 Å². The number of benzene rings is 1. The Morgan fingerprint density at radius 1 is 1.18 bits per heavy atom. The molecule has 6 nitrogen and oxygen atoms in total. The molecule has 2 aromatic rings. The van der Waals surface area contributed by atoms with Crippen molar-refractivity contribution in [1.29, 1.82) is 5.26 Å². The maximum Gasteiger partial charge on any atom is 0.150 e. The van der Waals surface area contributed by atoms with Crippen LogP contribution in [-0.2, 0) is 9.84 Å². The van der Waals surface area contributed by atoms with E-state index in [4.69, 9.17) is 0 Å². The molecule has 2 fully saturated rings. The van der Waals surface area contributed by atoms with Crippen molar-refractivity contribution >= 4 is 26.4 Å². The van der Waals surface area contributed by atoms with E-state index in [-0.39, 0.29) is 6.04 Å². The molecule has 0 amide bonds. The minimum atomic E-state index is -2.84. The first-order valence-electron chi connectivity index (χ1n) is 9.94. The van der Waals surface area contributed by atoms with Crippen LogP contribution < -0.4 is 10.2 Å². The molecule has 0 unspecified atom stereocenters. The quantitative estimate of drug-likeness (QED) is 0.855. The molecule has 0 bridgehead atoms. The molecule has 2 atom stereocenters. The fourth-order valence-electron chi connectivity index (χ4n) is 4.58. The van der Waals surface area contributed by atoms with Crippen LogP contribution in [0.5, 0.6) is 0 Å². The first-order chi connectivity index (χ1) is 13.4. The summed E-state index contributed by atoms with van der Waals surface area (Å²) in [5.41, 5.74) is 2.47. The number of fused-ring (bicyclic) bond motifs is 1. The molecule has 0 radical (unpaired) electrons. The van der Waals surface area contributed by atoms with Crippen LogP contribution in [-0.4, -0.2) is 50.1 Å². The Balaban J connectivity index is 1.54. The van der Waals surface area contributed by atoms with Gasteiger partial charge in [0.2, 0.25) is 0 Å². The minimum Gasteiger partial charge on any atom is -0.369 e. The summed E-state index contributed by atoms with van der Waals surface area (Å²) in [5.74, 6) is 1.12. The molecule has 3 heterocycles. The van der Waals surface area contributed by atoms with E-state index < -0.39 is 9.84 Å². The monoisotopic (exact) mass is 398 g/mol. The summed E-state index contributed by atoms with van der Waals surface area (Å²) < 4.78 is 23.4. The topological polar surface area (TPSA) is 86.1 Å². The second-order valence-electron chi connectivity index (χ2n) is 8.18. The highest BCUT2D eigenvalue weighted by Crippen LogP contribution is 2.31. The Labute approximate surface area is 166 Å². The molecule has 0 aliphatic carbocycles. The number of aromatic nitrogens is 1. The highest BCUT2D eigenvalue weighted by Gasteiger charge is 2.30. The lowest BCUT2D eigenvalue weighted by atomic mass is 9.93. The molecule has 148 valence electrons. The Morgan fingerprint density at radius 3 is 2.71 bits per heavy atom. The van der Waals surface area contributed by atoms with Gasteiger partial charge in [-0.25, -0.2) is 8.42 Å². The molecule has 1 N–H and O–H groups in total. The Bertz CT molecular complexity index is 1000. The van der Waals surface area contributed by atoms with Crippen LogP contribution in [0.1, 0.15) is 31.7 Å². The van der Waals surface area contributed by atoms with Crippen LogP contribution in [0.15, 0.2) is 30.5 Å². The molecular formula is C21H26N4O2S. The smallest absolute Gasteiger partial charge is 0.150 e. The number of anilines is 1. The maximum atomic E-state index is 11.7. The molecule has 4 rings (SSSR count). The van der Waals surface area contributed by atoms with Crippen molar-refractivity contribution < 1.29 is 8.42 Å². The number of nitriles is 1. The van der Waals surface area contributed by atoms with Crippen molar-refractivity contribution in [1.82, 2.24) is 10.3 Å². The van der Waals surface area contributed by atoms with Crippen molar-refractivity contribution in [3.8, 4) is 6.07 Å². The third-order valence-electron chi connectivity index (χ3n) is 5.89. The molecule has 1 aromatic heterocycles. The van der Waals surface area contributed by atoms with E-state index >= 15 is 0 Å². The zero-order chi connectivity index (χ0) is 19.7. The van der Waals surface area contributed by atoms with E-state index in [1.165, 1.54) is 0 Å². The zero-order valence-electron chi connectivity index (χ0n) is 16.1. The van der Waals surface area contributed by atoms with E-state index in [1.54, 1.807) is 6.20 Å². The number of nitrogens with one attached hydrogen (secondary N) is 1. The van der Waals surface area contributed by atoms with Gasteiger partial charge in [-0.1, -0.05) is 6.92 Å². The van der Waals surface area contributed by atoms with Gasteiger partial charge >= 0.3 is 0 Å². The molecule has 2 saturated heterocycles. The number of hydrogen-bond acceptors (Lipinski definition) is 6. The summed E-state index contributed by atoms with van der Waals surface area (Å²) in [6.07, 6.45) is 4.23. The first kappa shape index (κ1) is 19.2. The summed E-state index contributed by atoms with van der Waals surface area (Å²) in [5, 5.41) is 14.1. The van der Waals surface area contributed by atoms with Crippen molar-refractivity contribution in [3.05, 3.63) is 36.0 Å². The standard InChI is InChI=1S/C21H26N4O2S/c1-15-11-18(24-17-6-9-28(26,27)10-7-17)14-25(13-15)20-5-4-16(12-22)21-19(20)3-2-8-23-21/h2-5,8,15,17-18,24H,6-7,9-11,13-14H2,1H3/t15-,18+/m0/s1. The number of pyridine rings is 1. The molecule has 2 aliphatic heterocycles. The van der Waals surface area contributed by atoms with E-state index in [9.17, 15) is 13.7 Å². The Morgan fingerprint density at radius 2 is 1.96 bits per heavy atom. The summed E-state index contributed by atoms with van der Waals surface area (Å²) in [6.45, 7) is 4.10. The number of rotatable bonds is 3. The minimum absolute atomic E-state index is 0.278. The van der Waals surface area contributed by atoms with E-state index in [1.807, 2.05) is 24.3 Å². The maximum absolute atomic E-state index is 11.7. The van der Waals surface area contributed by atoms with Crippen LogP contribution in [0.4, 0.5) is 5.69 Å². The third kappa shape index (κ3) is 3.98. The highest BCUT2D eigenvalue weighted by atomic mass is 32.2. The van der Waals surface area contributed by atoms with Gasteiger partial charge in [-0.2, -0.15) is 5.26 Å². The lowest BCUT2D eigenvalue weighted by Gasteiger charge is -2.40. The summed E-state index contributed by atoms with van der Waals surface area (Å²) >= 11 is 0. The number of nitrogens with zero attached hydrogens (tertiary/aromatic N) is 3. The second kappa shape index (κ2) is 7.69. The molecule has 2 aliphatic rings. The first-order valence-corrected chi connectivity index (χ1v) is 11.8. The van der Waals surface area contributed by atoms with Gasteiger partial charge in [-0.05, 0) is 49.4 Å². The van der Waals surface area contributed by atoms with E-state index in [0.29, 0.717) is 41.9 Å². The van der Waals surface area contributed by atoms with Crippen LogP contribution in [0, 0.1) is 17.2 Å². The van der Waals surface area contributed by atoms with Gasteiger partial charge in [-0.3, -0.25) is 4.98 Å². The van der Waals surface area contributed by atoms with Gasteiger partial charge in [0.25, 0.3) is 0 Å². The lowest BCUT2D eigenvalue weighted by molar-refractivity contribution is 0.312. The van der Waals surface area contributed by atoms with E-state index in [2.05, 4.69) is 28.2 Å². The zero-order valence-corrected chi connectivity index (χ0v) is 17.0. The number of sulfone groups is 1. The van der Waals surface area contributed by atoms with Crippen LogP contribution in [0.3, 0.4) is 0 Å². The molecule has 0 saturated carbocycles. The SMILES string of the molecule is C[C@H]1C[C@@H](NC2CCS(=O)(=O)CC2)CN(c2ccc(C#N)c3ncccc23)C1. The molecule has 28 heavy (non-hydrogen) atoms. The highest BCUT2D eigenvalue weighted by molar-refractivity contribution is 7.91. The van der Waals surface area contributed by atoms with Gasteiger partial charge in [0.05, 0.1) is 22.6 Å². The van der Waals surface area contributed by atoms with E-state index in [0.717, 1.165) is 36.1 Å². The van der Waals surface area contributed by atoms with Gasteiger partial charge < -0.3 is 10.2 Å². The largest absolute Gasteiger partial charge is 0.369 e. The Hall–Kier alpha value is -2.17. The van der Waals surface area contributed by atoms with Gasteiger partial charge in [0.15, 0.2) is 0 Å². The third-order valence-corrected chi connectivity index (χ3v) is 7.61. The second-order valence-corrected chi connectivity index (χ2v) is 10.5. The fraction of sp³-hybridized carbons (Fsp3) is 0.524. The fourth-order valence-corrected chi connectivity index (χ4v) is 6.07. The molecule has 7 heteroatoms. The lowest BCUT2D eigenvalue weighted by Crippen LogP contribution is -2.53. The number of piperidine rings is 1. The number of hydrogen-bond donors (Lipinski definition) is 1. The Kier molecular flexibility index (Phi) is 5.26. The van der Waals surface area contributed by atoms with Crippen molar-refractivity contribution in [2.24, 2.45) is 5.92 Å². The van der Waals surface area contributed by atoms with Crippen LogP contribution >= 0.6 is 0 Å². The van der Waals surface area contributed by atoms with Crippen LogP contribution in [0.25, 0.3) is 10.9 Å². The van der Waals surface area contributed by atoms with Gasteiger partial charge in [0.1, 0.15) is 15.9 Å². The van der Waals surface area contributed by atoms with Crippen LogP contribution in [0.2, 0.25) is 0 Å². The summed E-state index contributed by atoms with van der Waals surface area (Å²) in [4.78, 5) is 6.82. The van der Waals surface area contributed by atoms with Crippen molar-refractivity contribution in [2.45, 2.75) is 38.3 Å². The predicted molar refractivity (Wildman–Crippen MR) is 111 cm³/mol. The summed E-state index contributed by atoms with van der Waals surface area (Å²) in [7, 11) is -2.84. The summed E-state index contributed by atoms with van der Waals surface area (Å²) in [6, 6.07) is 10.7.